The first-order valence-corrected chi connectivity index (χ1v) is 17.2. The highest BCUT2D eigenvalue weighted by molar-refractivity contribution is 7.98. The van der Waals surface area contributed by atoms with E-state index in [1.807, 2.05) is 5.32 Å². The molecule has 1 heterocycles. The third-order valence-electron chi connectivity index (χ3n) is 7.71. The minimum Gasteiger partial charge on any atom is -0.480 e. The Hall–Kier alpha value is -4.88. The molecular formula is C34H38F7N5O7S. The maximum Gasteiger partial charge on any atom is 0.408 e. The molecule has 20 heteroatoms. The molecule has 2 aromatic carbocycles. The van der Waals surface area contributed by atoms with Crippen molar-refractivity contribution >= 4 is 53.1 Å². The lowest BCUT2D eigenvalue weighted by Gasteiger charge is -2.27. The second-order valence-electron chi connectivity index (χ2n) is 13.2. The predicted molar refractivity (Wildman–Crippen MR) is 183 cm³/mol. The molecule has 0 aliphatic carbocycles. The van der Waals surface area contributed by atoms with Crippen LogP contribution in [0, 0.1) is 24.6 Å². The van der Waals surface area contributed by atoms with Crippen LogP contribution >= 0.6 is 11.9 Å². The van der Waals surface area contributed by atoms with E-state index in [4.69, 9.17) is 4.74 Å². The number of benzene rings is 2. The van der Waals surface area contributed by atoms with Crippen LogP contribution in [-0.2, 0) is 23.9 Å². The number of anilines is 1. The number of fused-ring (bicyclic) bond motifs is 1. The van der Waals surface area contributed by atoms with Gasteiger partial charge in [0.25, 0.3) is 5.91 Å². The zero-order valence-corrected chi connectivity index (χ0v) is 30.1. The van der Waals surface area contributed by atoms with E-state index in [9.17, 15) is 59.8 Å². The lowest BCUT2D eigenvalue weighted by Crippen LogP contribution is -2.48. The maximum absolute atomic E-state index is 14.3. The summed E-state index contributed by atoms with van der Waals surface area (Å²) >= 11 is 0.302. The van der Waals surface area contributed by atoms with Crippen LogP contribution < -0.4 is 20.7 Å². The molecular weight excluding hydrogens is 755 g/mol. The first-order valence-electron chi connectivity index (χ1n) is 16.3. The Morgan fingerprint density at radius 1 is 0.944 bits per heavy atom. The number of ether oxygens (including phenoxy) is 1. The van der Waals surface area contributed by atoms with Crippen molar-refractivity contribution in [1.82, 2.24) is 15.4 Å². The van der Waals surface area contributed by atoms with E-state index >= 15 is 0 Å². The van der Waals surface area contributed by atoms with Crippen LogP contribution in [0.4, 0.5) is 41.2 Å². The van der Waals surface area contributed by atoms with Crippen LogP contribution in [0.3, 0.4) is 0 Å². The summed E-state index contributed by atoms with van der Waals surface area (Å²) in [7, 11) is 0. The first-order chi connectivity index (χ1) is 24.9. The Kier molecular flexibility index (Phi) is 14.5. The molecule has 3 rings (SSSR count). The zero-order chi connectivity index (χ0) is 40.6. The Morgan fingerprint density at radius 3 is 2.09 bits per heavy atom. The number of aliphatic imine (C=N–C) groups is 1. The summed E-state index contributed by atoms with van der Waals surface area (Å²) in [6.07, 6.45) is -18.7. The van der Waals surface area contributed by atoms with Crippen LogP contribution in [0.2, 0.25) is 0 Å². The number of carbonyl (C=O) groups excluding carboxylic acids is 4. The molecule has 0 aromatic heterocycles. The lowest BCUT2D eigenvalue weighted by molar-refractivity contribution is -0.152. The number of carboxylic acid groups (broad SMARTS) is 1. The third kappa shape index (κ3) is 13.5. The number of carbonyl (C=O) groups is 5. The van der Waals surface area contributed by atoms with Gasteiger partial charge in [0.1, 0.15) is 17.5 Å². The van der Waals surface area contributed by atoms with Gasteiger partial charge in [-0.3, -0.25) is 19.1 Å². The molecule has 54 heavy (non-hydrogen) atoms. The van der Waals surface area contributed by atoms with E-state index in [0.717, 1.165) is 12.1 Å². The molecule has 0 saturated carbocycles. The molecule has 1 aliphatic rings. The van der Waals surface area contributed by atoms with Crippen LogP contribution in [0.1, 0.15) is 63.1 Å². The number of nitrogens with one attached hydrogen (secondary N) is 4. The number of aliphatic carboxylic acids is 1. The fourth-order valence-electron chi connectivity index (χ4n) is 5.25. The molecule has 0 radical (unpaired) electrons. The molecule has 2 unspecified atom stereocenters. The van der Waals surface area contributed by atoms with Gasteiger partial charge in [-0.2, -0.15) is 26.3 Å². The number of carboxylic acids is 1. The van der Waals surface area contributed by atoms with Gasteiger partial charge in [0.05, 0.1) is 17.3 Å². The number of amides is 4. The van der Waals surface area contributed by atoms with Crippen molar-refractivity contribution in [3.8, 4) is 0 Å². The average Bonchev–Trinajstić information content (AvgIpc) is 3.16. The van der Waals surface area contributed by atoms with Gasteiger partial charge in [0.15, 0.2) is 0 Å². The number of rotatable bonds is 14. The van der Waals surface area contributed by atoms with Gasteiger partial charge in [-0.15, -0.1) is 0 Å². The molecule has 5 N–H and O–H groups in total. The fourth-order valence-corrected chi connectivity index (χ4v) is 6.02. The minimum atomic E-state index is -4.93. The van der Waals surface area contributed by atoms with Crippen molar-refractivity contribution in [3.05, 3.63) is 65.0 Å². The van der Waals surface area contributed by atoms with E-state index in [1.165, 1.54) is 39.0 Å². The van der Waals surface area contributed by atoms with E-state index in [-0.39, 0.29) is 17.0 Å². The summed E-state index contributed by atoms with van der Waals surface area (Å²) in [4.78, 5) is 68.7. The van der Waals surface area contributed by atoms with Crippen molar-refractivity contribution in [2.75, 3.05) is 11.1 Å². The SMILES string of the molecule is Cc1cccc2c1NC(=O)C(NC(=O)[C@H](CCC(F)(F)F)[C@H](CCC(F)(F)F)C(=O)NSCC(NC(=O)OC(C)(C)C)C(=O)O)N=C2c1cccc(F)c1. The lowest BCUT2D eigenvalue weighted by atomic mass is 9.83. The standard InChI is InChI=1S/C34H38F7N5O7S/c1-17-7-5-10-22-24(17)44-29(49)26(43-25(22)18-8-6-9-19(35)15-18)45-27(47)20(11-13-33(36,37)38)21(12-14-34(39,40)41)28(48)46-54-16-23(30(50)51)42-31(52)53-32(2,3)4/h5-10,15,20-21,23,26H,11-14,16H2,1-4H3,(H,42,52)(H,44,49)(H,45,47)(H,46,48)(H,50,51)/t20-,21+,23?,26?/m1/s1. The van der Waals surface area contributed by atoms with E-state index in [0.29, 0.717) is 23.1 Å². The van der Waals surface area contributed by atoms with Crippen molar-refractivity contribution < 1.29 is 64.5 Å². The maximum atomic E-state index is 14.3. The number of nitrogens with zero attached hydrogens (tertiary/aromatic N) is 1. The number of benzodiazepines with no additional fused rings is 1. The second kappa shape index (κ2) is 18.0. The largest absolute Gasteiger partial charge is 0.480 e. The van der Waals surface area contributed by atoms with Gasteiger partial charge in [0, 0.05) is 35.6 Å². The third-order valence-corrected chi connectivity index (χ3v) is 8.55. The number of halogens is 7. The summed E-state index contributed by atoms with van der Waals surface area (Å²) in [5.74, 6) is -10.9. The topological polar surface area (TPSA) is 175 Å². The van der Waals surface area contributed by atoms with E-state index in [1.54, 1.807) is 19.1 Å². The second-order valence-corrected chi connectivity index (χ2v) is 14.0. The molecule has 0 spiro atoms. The van der Waals surface area contributed by atoms with Crippen molar-refractivity contribution in [1.29, 1.82) is 0 Å². The summed E-state index contributed by atoms with van der Waals surface area (Å²) in [5.41, 5.74) is 0.147. The molecule has 2 aromatic rings. The minimum absolute atomic E-state index is 0.0144. The Labute approximate surface area is 309 Å². The smallest absolute Gasteiger partial charge is 0.408 e. The summed E-state index contributed by atoms with van der Waals surface area (Å²) in [5, 5.41) is 16.3. The molecule has 1 aliphatic heterocycles. The number of hydrogen-bond donors (Lipinski definition) is 5. The van der Waals surface area contributed by atoms with Gasteiger partial charge in [-0.25, -0.2) is 19.0 Å². The zero-order valence-electron chi connectivity index (χ0n) is 29.3. The number of para-hydroxylation sites is 1. The fraction of sp³-hybridized carbons (Fsp3) is 0.471. The average molecular weight is 794 g/mol. The van der Waals surface area contributed by atoms with Crippen molar-refractivity contribution in [3.63, 3.8) is 0 Å². The number of aryl methyl sites for hydroxylation is 1. The molecule has 0 saturated heterocycles. The number of hydrogen-bond acceptors (Lipinski definition) is 8. The Bertz CT molecular complexity index is 1750. The Morgan fingerprint density at radius 2 is 1.54 bits per heavy atom. The van der Waals surface area contributed by atoms with Crippen LogP contribution in [0.5, 0.6) is 0 Å². The molecule has 12 nitrogen and oxygen atoms in total. The van der Waals surface area contributed by atoms with E-state index in [2.05, 4.69) is 20.3 Å². The highest BCUT2D eigenvalue weighted by Gasteiger charge is 2.41. The molecule has 0 fully saturated rings. The Balaban J connectivity index is 1.96. The summed E-state index contributed by atoms with van der Waals surface area (Å²) < 4.78 is 102. The molecule has 296 valence electrons. The van der Waals surface area contributed by atoms with Crippen molar-refractivity contribution in [2.24, 2.45) is 16.8 Å². The number of alkyl carbamates (subject to hydrolysis) is 1. The van der Waals surface area contributed by atoms with Gasteiger partial charge in [-0.1, -0.05) is 30.3 Å². The number of alkyl halides is 6. The highest BCUT2D eigenvalue weighted by Crippen LogP contribution is 2.34. The summed E-state index contributed by atoms with van der Waals surface area (Å²) in [6.45, 7) is 6.13. The highest BCUT2D eigenvalue weighted by atomic mass is 32.2. The molecule has 0 bridgehead atoms. The van der Waals surface area contributed by atoms with Gasteiger partial charge in [-0.05, 0) is 70.2 Å². The predicted octanol–water partition coefficient (Wildman–Crippen LogP) is 6.03. The van der Waals surface area contributed by atoms with Crippen LogP contribution in [0.15, 0.2) is 47.5 Å². The first kappa shape index (κ1) is 43.5. The summed E-state index contributed by atoms with van der Waals surface area (Å²) in [6, 6.07) is 8.08. The van der Waals surface area contributed by atoms with Gasteiger partial charge >= 0.3 is 24.4 Å². The quantitative estimate of drug-likeness (QED) is 0.114. The van der Waals surface area contributed by atoms with E-state index < -0.39 is 109 Å². The van der Waals surface area contributed by atoms with Crippen LogP contribution in [-0.4, -0.2) is 76.5 Å². The molecule has 4 atom stereocenters. The normalized spacial score (nSPS) is 16.4. The van der Waals surface area contributed by atoms with Gasteiger partial charge in [0.2, 0.25) is 18.0 Å². The van der Waals surface area contributed by atoms with Gasteiger partial charge < -0.3 is 25.8 Å². The molecule has 4 amide bonds. The van der Waals surface area contributed by atoms with Crippen molar-refractivity contribution in [2.45, 2.75) is 83.5 Å². The van der Waals surface area contributed by atoms with Crippen LogP contribution in [0.25, 0.3) is 0 Å². The monoisotopic (exact) mass is 793 g/mol.